The number of fused-ring (bicyclic) bond motifs is 2. The van der Waals surface area contributed by atoms with Gasteiger partial charge in [0.25, 0.3) is 5.56 Å². The summed E-state index contributed by atoms with van der Waals surface area (Å²) in [6, 6.07) is 8.67. The van der Waals surface area contributed by atoms with Crippen LogP contribution in [0.1, 0.15) is 22.8 Å². The van der Waals surface area contributed by atoms with Crippen molar-refractivity contribution in [3.8, 4) is 11.5 Å². The zero-order chi connectivity index (χ0) is 21.4. The van der Waals surface area contributed by atoms with Crippen LogP contribution in [0.2, 0.25) is 0 Å². The lowest BCUT2D eigenvalue weighted by Crippen LogP contribution is -2.27. The highest BCUT2D eigenvalue weighted by molar-refractivity contribution is 5.99. The Morgan fingerprint density at radius 3 is 2.63 bits per heavy atom. The first-order chi connectivity index (χ1) is 14.4. The Labute approximate surface area is 172 Å². The number of carbonyl (C=O) groups excluding carboxylic acids is 2. The predicted octanol–water partition coefficient (Wildman–Crippen LogP) is 2.21. The van der Waals surface area contributed by atoms with Gasteiger partial charge in [-0.05, 0) is 42.3 Å². The van der Waals surface area contributed by atoms with E-state index in [2.05, 4.69) is 5.10 Å². The van der Waals surface area contributed by atoms with E-state index in [1.807, 2.05) is 0 Å². The number of nitrogens with zero attached hydrogens (tertiary/aromatic N) is 3. The second-order valence-electron chi connectivity index (χ2n) is 7.06. The number of anilines is 1. The van der Waals surface area contributed by atoms with Crippen molar-refractivity contribution in [1.29, 1.82) is 0 Å². The van der Waals surface area contributed by atoms with E-state index in [9.17, 15) is 14.4 Å². The summed E-state index contributed by atoms with van der Waals surface area (Å²) in [5.74, 6) is 0.476. The van der Waals surface area contributed by atoms with Crippen molar-refractivity contribution in [2.75, 3.05) is 25.7 Å². The SMILES string of the molecule is COc1ccc2cnn(CC(=O)c3ccc4c(c3)CCN4C(C)=O)c(=O)c2c1OC. The number of aromatic nitrogens is 2. The van der Waals surface area contributed by atoms with Crippen LogP contribution < -0.4 is 19.9 Å². The van der Waals surface area contributed by atoms with Crippen molar-refractivity contribution in [1.82, 2.24) is 9.78 Å². The second kappa shape index (κ2) is 7.62. The zero-order valence-corrected chi connectivity index (χ0v) is 17.0. The van der Waals surface area contributed by atoms with Gasteiger partial charge in [-0.2, -0.15) is 5.10 Å². The number of carbonyl (C=O) groups is 2. The largest absolute Gasteiger partial charge is 0.493 e. The minimum absolute atomic E-state index is 0.0240. The molecule has 0 unspecified atom stereocenters. The van der Waals surface area contributed by atoms with Crippen LogP contribution in [0.3, 0.4) is 0 Å². The topological polar surface area (TPSA) is 90.7 Å². The highest BCUT2D eigenvalue weighted by atomic mass is 16.5. The summed E-state index contributed by atoms with van der Waals surface area (Å²) < 4.78 is 11.8. The molecule has 0 atom stereocenters. The van der Waals surface area contributed by atoms with E-state index in [1.54, 1.807) is 35.2 Å². The number of ether oxygens (including phenoxy) is 2. The molecule has 0 N–H and O–H groups in total. The van der Waals surface area contributed by atoms with E-state index in [-0.39, 0.29) is 18.2 Å². The van der Waals surface area contributed by atoms with Gasteiger partial charge in [-0.25, -0.2) is 4.68 Å². The van der Waals surface area contributed by atoms with Crippen LogP contribution in [0.25, 0.3) is 10.8 Å². The van der Waals surface area contributed by atoms with E-state index in [0.29, 0.717) is 40.8 Å². The summed E-state index contributed by atoms with van der Waals surface area (Å²) >= 11 is 0. The van der Waals surface area contributed by atoms with Gasteiger partial charge in [0.05, 0.1) is 25.8 Å². The monoisotopic (exact) mass is 407 g/mol. The highest BCUT2D eigenvalue weighted by Crippen LogP contribution is 2.33. The Morgan fingerprint density at radius 1 is 1.13 bits per heavy atom. The van der Waals surface area contributed by atoms with Crippen LogP contribution in [-0.2, 0) is 17.8 Å². The first-order valence-electron chi connectivity index (χ1n) is 9.49. The lowest BCUT2D eigenvalue weighted by atomic mass is 10.0. The van der Waals surface area contributed by atoms with E-state index in [0.717, 1.165) is 15.9 Å². The highest BCUT2D eigenvalue weighted by Gasteiger charge is 2.23. The third kappa shape index (κ3) is 3.20. The van der Waals surface area contributed by atoms with Gasteiger partial charge in [0, 0.05) is 30.1 Å². The molecule has 30 heavy (non-hydrogen) atoms. The molecular weight excluding hydrogens is 386 g/mol. The fourth-order valence-electron chi connectivity index (χ4n) is 3.83. The summed E-state index contributed by atoms with van der Waals surface area (Å²) in [6.45, 7) is 1.93. The molecule has 2 aromatic carbocycles. The molecular formula is C22H21N3O5. The van der Waals surface area contributed by atoms with E-state index in [1.165, 1.54) is 27.3 Å². The first-order valence-corrected chi connectivity index (χ1v) is 9.49. The molecule has 0 radical (unpaired) electrons. The number of hydrogen-bond donors (Lipinski definition) is 0. The molecule has 4 rings (SSSR count). The summed E-state index contributed by atoms with van der Waals surface area (Å²) in [5, 5.41) is 5.06. The van der Waals surface area contributed by atoms with Crippen molar-refractivity contribution in [3.05, 3.63) is 58.0 Å². The van der Waals surface area contributed by atoms with Crippen LogP contribution in [-0.4, -0.2) is 42.2 Å². The minimum Gasteiger partial charge on any atom is -0.493 e. The van der Waals surface area contributed by atoms with Gasteiger partial charge in [0.2, 0.25) is 5.91 Å². The van der Waals surface area contributed by atoms with Crippen molar-refractivity contribution in [2.24, 2.45) is 0 Å². The lowest BCUT2D eigenvalue weighted by molar-refractivity contribution is -0.116. The van der Waals surface area contributed by atoms with Crippen molar-refractivity contribution in [2.45, 2.75) is 19.9 Å². The molecule has 3 aromatic rings. The smallest absolute Gasteiger partial charge is 0.278 e. The van der Waals surface area contributed by atoms with Gasteiger partial charge >= 0.3 is 0 Å². The average Bonchev–Trinajstić information content (AvgIpc) is 3.18. The Kier molecular flexibility index (Phi) is 4.99. The molecule has 0 bridgehead atoms. The quantitative estimate of drug-likeness (QED) is 0.603. The normalized spacial score (nSPS) is 12.7. The van der Waals surface area contributed by atoms with Gasteiger partial charge in [-0.3, -0.25) is 14.4 Å². The molecule has 1 aliphatic rings. The van der Waals surface area contributed by atoms with Crippen LogP contribution >= 0.6 is 0 Å². The average molecular weight is 407 g/mol. The van der Waals surface area contributed by atoms with Gasteiger partial charge in [-0.1, -0.05) is 0 Å². The van der Waals surface area contributed by atoms with Crippen LogP contribution in [0, 0.1) is 0 Å². The van der Waals surface area contributed by atoms with Gasteiger partial charge < -0.3 is 14.4 Å². The third-order valence-electron chi connectivity index (χ3n) is 5.33. The summed E-state index contributed by atoms with van der Waals surface area (Å²) in [6.07, 6.45) is 2.22. The number of ketones is 1. The number of benzene rings is 2. The maximum Gasteiger partial charge on any atom is 0.278 e. The second-order valence-corrected chi connectivity index (χ2v) is 7.06. The van der Waals surface area contributed by atoms with E-state index in [4.69, 9.17) is 9.47 Å². The minimum atomic E-state index is -0.430. The molecule has 2 heterocycles. The zero-order valence-electron chi connectivity index (χ0n) is 17.0. The number of Topliss-reactive ketones (excluding diaryl/α,β-unsaturated/α-hetero) is 1. The Bertz CT molecular complexity index is 1230. The maximum absolute atomic E-state index is 13.0. The molecule has 8 heteroatoms. The number of amides is 1. The molecule has 0 saturated heterocycles. The van der Waals surface area contributed by atoms with Crippen molar-refractivity contribution >= 4 is 28.2 Å². The molecule has 0 saturated carbocycles. The third-order valence-corrected chi connectivity index (χ3v) is 5.33. The summed E-state index contributed by atoms with van der Waals surface area (Å²) in [4.78, 5) is 39.3. The number of methoxy groups -OCH3 is 2. The Balaban J connectivity index is 1.68. The Morgan fingerprint density at radius 2 is 1.93 bits per heavy atom. The standard InChI is InChI=1S/C22H21N3O5/c1-13(26)24-9-8-14-10-15(4-6-17(14)24)18(27)12-25-22(28)20-16(11-23-25)5-7-19(29-2)21(20)30-3/h4-7,10-11H,8-9,12H2,1-3H3. The lowest BCUT2D eigenvalue weighted by Gasteiger charge is -2.15. The fourth-order valence-corrected chi connectivity index (χ4v) is 3.83. The molecule has 0 fully saturated rings. The molecule has 1 amide bonds. The number of rotatable bonds is 5. The summed E-state index contributed by atoms with van der Waals surface area (Å²) in [5.41, 5.74) is 1.82. The van der Waals surface area contributed by atoms with E-state index >= 15 is 0 Å². The molecule has 0 aliphatic carbocycles. The maximum atomic E-state index is 13.0. The molecule has 154 valence electrons. The van der Waals surface area contributed by atoms with Crippen LogP contribution in [0.4, 0.5) is 5.69 Å². The predicted molar refractivity (Wildman–Crippen MR) is 112 cm³/mol. The van der Waals surface area contributed by atoms with Gasteiger partial charge in [0.15, 0.2) is 17.3 Å². The van der Waals surface area contributed by atoms with Crippen LogP contribution in [0.15, 0.2) is 41.3 Å². The van der Waals surface area contributed by atoms with Gasteiger partial charge in [-0.15, -0.1) is 0 Å². The first kappa shape index (κ1) is 19.6. The van der Waals surface area contributed by atoms with Gasteiger partial charge in [0.1, 0.15) is 6.54 Å². The molecule has 1 aromatic heterocycles. The van der Waals surface area contributed by atoms with Crippen molar-refractivity contribution < 1.29 is 19.1 Å². The number of hydrogen-bond acceptors (Lipinski definition) is 6. The summed E-state index contributed by atoms with van der Waals surface area (Å²) in [7, 11) is 2.95. The molecule has 8 nitrogen and oxygen atoms in total. The fraction of sp³-hybridized carbons (Fsp3) is 0.273. The van der Waals surface area contributed by atoms with Crippen LogP contribution in [0.5, 0.6) is 11.5 Å². The molecule has 0 spiro atoms. The van der Waals surface area contributed by atoms with E-state index < -0.39 is 5.56 Å². The Hall–Kier alpha value is -3.68. The molecule has 1 aliphatic heterocycles. The van der Waals surface area contributed by atoms with Crippen molar-refractivity contribution in [3.63, 3.8) is 0 Å².